The number of benzene rings is 1. The molecule has 1 aromatic rings. The topological polar surface area (TPSA) is 38.3 Å². The predicted octanol–water partition coefficient (Wildman–Crippen LogP) is 2.35. The summed E-state index contributed by atoms with van der Waals surface area (Å²) < 4.78 is 17.8. The van der Waals surface area contributed by atoms with Gasteiger partial charge in [0, 0.05) is 23.7 Å². The maximum absolute atomic E-state index is 13.4. The summed E-state index contributed by atoms with van der Waals surface area (Å²) in [6, 6.07) is 4.45. The molecule has 0 spiro atoms. The number of methoxy groups -OCH3 is 1. The van der Waals surface area contributed by atoms with Crippen LogP contribution in [0.5, 0.6) is 0 Å². The summed E-state index contributed by atoms with van der Waals surface area (Å²) in [5, 5.41) is 2.38. The highest BCUT2D eigenvalue weighted by Gasteiger charge is 2.15. The lowest BCUT2D eigenvalue weighted by Crippen LogP contribution is -2.30. The fourth-order valence-electron chi connectivity index (χ4n) is 1.24. The van der Waals surface area contributed by atoms with Crippen LogP contribution in [0.2, 0.25) is 5.02 Å². The van der Waals surface area contributed by atoms with E-state index in [4.69, 9.17) is 23.2 Å². The van der Waals surface area contributed by atoms with E-state index in [1.54, 1.807) is 6.07 Å². The van der Waals surface area contributed by atoms with Crippen molar-refractivity contribution in [2.45, 2.75) is 11.9 Å². The smallest absolute Gasteiger partial charge is 0.325 e. The molecule has 0 heterocycles. The van der Waals surface area contributed by atoms with Crippen LogP contribution in [0.25, 0.3) is 0 Å². The predicted molar refractivity (Wildman–Crippen MR) is 64.8 cm³/mol. The minimum Gasteiger partial charge on any atom is -0.468 e. The first-order valence-corrected chi connectivity index (χ1v) is 5.73. The highest BCUT2D eigenvalue weighted by Crippen LogP contribution is 2.18. The van der Waals surface area contributed by atoms with Crippen molar-refractivity contribution in [2.75, 3.05) is 13.7 Å². The van der Waals surface area contributed by atoms with Gasteiger partial charge in [0.05, 0.1) is 7.11 Å². The van der Waals surface area contributed by atoms with Gasteiger partial charge in [0.15, 0.2) is 0 Å². The summed E-state index contributed by atoms with van der Waals surface area (Å²) in [6.07, 6.45) is 0. The minimum atomic E-state index is -0.800. The van der Waals surface area contributed by atoms with Crippen molar-refractivity contribution in [3.8, 4) is 0 Å². The maximum atomic E-state index is 13.4. The highest BCUT2D eigenvalue weighted by atomic mass is 35.5. The van der Waals surface area contributed by atoms with Gasteiger partial charge in [-0.1, -0.05) is 17.7 Å². The van der Waals surface area contributed by atoms with Crippen LogP contribution in [-0.2, 0) is 16.1 Å². The molecular formula is C11H12Cl2FNO2. The number of alkyl halides is 1. The third-order valence-corrected chi connectivity index (χ3v) is 2.83. The number of esters is 1. The van der Waals surface area contributed by atoms with E-state index in [1.807, 2.05) is 0 Å². The molecule has 17 heavy (non-hydrogen) atoms. The summed E-state index contributed by atoms with van der Waals surface area (Å²) in [6.45, 7) is 0.380. The molecule has 1 rings (SSSR count). The lowest BCUT2D eigenvalue weighted by molar-refractivity contribution is -0.140. The number of hydrogen-bond acceptors (Lipinski definition) is 3. The molecule has 1 atom stereocenters. The standard InChI is InChI=1S/C11H12Cl2FNO2/c1-17-11(16)9(13)6-15-5-7-8(12)3-2-4-10(7)14/h2-4,9,15H,5-6H2,1H3. The number of carbonyl (C=O) groups is 1. The fraction of sp³-hybridized carbons (Fsp3) is 0.364. The van der Waals surface area contributed by atoms with Crippen molar-refractivity contribution in [1.82, 2.24) is 5.32 Å². The fourth-order valence-corrected chi connectivity index (χ4v) is 1.66. The summed E-state index contributed by atoms with van der Waals surface area (Å²) in [5.74, 6) is -0.923. The molecule has 1 N–H and O–H groups in total. The van der Waals surface area contributed by atoms with E-state index in [9.17, 15) is 9.18 Å². The Morgan fingerprint density at radius 1 is 1.59 bits per heavy atom. The van der Waals surface area contributed by atoms with Gasteiger partial charge in [-0.3, -0.25) is 4.79 Å². The second-order valence-corrected chi connectivity index (χ2v) is 4.26. The summed E-state index contributed by atoms with van der Waals surface area (Å²) in [5.41, 5.74) is 0.350. The van der Waals surface area contributed by atoms with Gasteiger partial charge in [-0.15, -0.1) is 11.6 Å². The number of halogens is 3. The lowest BCUT2D eigenvalue weighted by Gasteiger charge is -2.10. The molecule has 0 aliphatic rings. The molecule has 94 valence electrons. The monoisotopic (exact) mass is 279 g/mol. The molecule has 0 aliphatic heterocycles. The molecule has 0 fully saturated rings. The van der Waals surface area contributed by atoms with E-state index in [1.165, 1.54) is 19.2 Å². The van der Waals surface area contributed by atoms with Crippen LogP contribution in [0, 0.1) is 5.82 Å². The Labute approximate surface area is 109 Å². The Kier molecular flexibility index (Phi) is 5.68. The molecule has 0 saturated heterocycles. The van der Waals surface area contributed by atoms with E-state index < -0.39 is 17.2 Å². The first-order valence-electron chi connectivity index (χ1n) is 4.91. The van der Waals surface area contributed by atoms with Crippen molar-refractivity contribution in [3.05, 3.63) is 34.6 Å². The van der Waals surface area contributed by atoms with Crippen molar-refractivity contribution in [1.29, 1.82) is 0 Å². The molecule has 0 bridgehead atoms. The zero-order valence-electron chi connectivity index (χ0n) is 9.17. The number of ether oxygens (including phenoxy) is 1. The maximum Gasteiger partial charge on any atom is 0.325 e. The zero-order chi connectivity index (χ0) is 12.8. The number of rotatable bonds is 5. The van der Waals surface area contributed by atoms with Crippen molar-refractivity contribution >= 4 is 29.2 Å². The van der Waals surface area contributed by atoms with Crippen LogP contribution < -0.4 is 5.32 Å². The van der Waals surface area contributed by atoms with Gasteiger partial charge in [-0.05, 0) is 12.1 Å². The first kappa shape index (κ1) is 14.2. The molecule has 1 aromatic carbocycles. The Balaban J connectivity index is 2.49. The third-order valence-electron chi connectivity index (χ3n) is 2.14. The second kappa shape index (κ2) is 6.79. The molecule has 0 radical (unpaired) electrons. The van der Waals surface area contributed by atoms with Crippen LogP contribution in [0.3, 0.4) is 0 Å². The van der Waals surface area contributed by atoms with Crippen LogP contribution in [-0.4, -0.2) is 25.0 Å². The molecule has 0 saturated carbocycles. The van der Waals surface area contributed by atoms with Crippen LogP contribution in [0.1, 0.15) is 5.56 Å². The van der Waals surface area contributed by atoms with E-state index in [-0.39, 0.29) is 13.1 Å². The number of hydrogen-bond donors (Lipinski definition) is 1. The molecule has 0 amide bonds. The molecule has 3 nitrogen and oxygen atoms in total. The van der Waals surface area contributed by atoms with Gasteiger partial charge in [0.25, 0.3) is 0 Å². The van der Waals surface area contributed by atoms with Gasteiger partial charge in [0.1, 0.15) is 11.2 Å². The number of nitrogens with one attached hydrogen (secondary N) is 1. The average molecular weight is 280 g/mol. The third kappa shape index (κ3) is 4.15. The molecule has 0 aliphatic carbocycles. The largest absolute Gasteiger partial charge is 0.468 e. The lowest BCUT2D eigenvalue weighted by atomic mass is 10.2. The second-order valence-electron chi connectivity index (χ2n) is 3.32. The van der Waals surface area contributed by atoms with Gasteiger partial charge in [-0.2, -0.15) is 0 Å². The van der Waals surface area contributed by atoms with Crippen LogP contribution in [0.15, 0.2) is 18.2 Å². The molecule has 1 unspecified atom stereocenters. The quantitative estimate of drug-likeness (QED) is 0.664. The highest BCUT2D eigenvalue weighted by molar-refractivity contribution is 6.31. The van der Waals surface area contributed by atoms with Crippen LogP contribution >= 0.6 is 23.2 Å². The van der Waals surface area contributed by atoms with Gasteiger partial charge < -0.3 is 10.1 Å². The van der Waals surface area contributed by atoms with Crippen molar-refractivity contribution in [2.24, 2.45) is 0 Å². The summed E-state index contributed by atoms with van der Waals surface area (Å²) in [7, 11) is 1.26. The van der Waals surface area contributed by atoms with Crippen molar-refractivity contribution in [3.63, 3.8) is 0 Å². The Hall–Kier alpha value is -0.840. The van der Waals surface area contributed by atoms with Gasteiger partial charge >= 0.3 is 5.97 Å². The normalized spacial score (nSPS) is 12.2. The molecular weight excluding hydrogens is 268 g/mol. The Morgan fingerprint density at radius 3 is 2.88 bits per heavy atom. The average Bonchev–Trinajstić information content (AvgIpc) is 2.31. The SMILES string of the molecule is COC(=O)C(Cl)CNCc1c(F)cccc1Cl. The minimum absolute atomic E-state index is 0.179. The van der Waals surface area contributed by atoms with Gasteiger partial charge in [0.2, 0.25) is 0 Å². The summed E-state index contributed by atoms with van der Waals surface area (Å²) in [4.78, 5) is 11.0. The van der Waals surface area contributed by atoms with E-state index in [0.29, 0.717) is 10.6 Å². The molecule has 0 aromatic heterocycles. The van der Waals surface area contributed by atoms with E-state index >= 15 is 0 Å². The van der Waals surface area contributed by atoms with Gasteiger partial charge in [-0.25, -0.2) is 4.39 Å². The molecule has 6 heteroatoms. The van der Waals surface area contributed by atoms with E-state index in [2.05, 4.69) is 10.1 Å². The van der Waals surface area contributed by atoms with Crippen molar-refractivity contribution < 1.29 is 13.9 Å². The van der Waals surface area contributed by atoms with E-state index in [0.717, 1.165) is 0 Å². The Bertz CT molecular complexity index is 381. The Morgan fingerprint density at radius 2 is 2.29 bits per heavy atom. The van der Waals surface area contributed by atoms with Crippen LogP contribution in [0.4, 0.5) is 4.39 Å². The zero-order valence-corrected chi connectivity index (χ0v) is 10.7. The summed E-state index contributed by atoms with van der Waals surface area (Å²) >= 11 is 11.5. The first-order chi connectivity index (χ1) is 8.06. The number of carbonyl (C=O) groups excluding carboxylic acids is 1.